The van der Waals surface area contributed by atoms with E-state index in [2.05, 4.69) is 5.32 Å². The van der Waals surface area contributed by atoms with Crippen LogP contribution < -0.4 is 19.5 Å². The van der Waals surface area contributed by atoms with E-state index in [0.29, 0.717) is 17.1 Å². The molecule has 8 heteroatoms. The topological polar surface area (TPSA) is 103 Å². The van der Waals surface area contributed by atoms with Crippen LogP contribution in [-0.4, -0.2) is 37.0 Å². The van der Waals surface area contributed by atoms with E-state index in [4.69, 9.17) is 18.9 Å². The number of carbonyl (C=O) groups is 2. The van der Waals surface area contributed by atoms with Gasteiger partial charge in [0.25, 0.3) is 5.91 Å². The van der Waals surface area contributed by atoms with Crippen molar-refractivity contribution in [3.8, 4) is 23.0 Å². The SMILES string of the molecule is COc1cc(C=CC(=O)OC(C)C(=O)NCc2ccc3c(c2)OCO3)ccc1O. The quantitative estimate of drug-likeness (QED) is 0.544. The first kappa shape index (κ1) is 20.1. The molecule has 2 N–H and O–H groups in total. The van der Waals surface area contributed by atoms with Gasteiger partial charge in [-0.1, -0.05) is 12.1 Å². The molecule has 1 aliphatic rings. The van der Waals surface area contributed by atoms with Crippen LogP contribution in [0.4, 0.5) is 0 Å². The van der Waals surface area contributed by atoms with Gasteiger partial charge >= 0.3 is 5.97 Å². The molecule has 1 heterocycles. The number of benzene rings is 2. The Morgan fingerprint density at radius 2 is 2.00 bits per heavy atom. The Kier molecular flexibility index (Phi) is 6.23. The summed E-state index contributed by atoms with van der Waals surface area (Å²) in [5, 5.41) is 12.3. The minimum Gasteiger partial charge on any atom is -0.504 e. The van der Waals surface area contributed by atoms with Gasteiger partial charge in [0, 0.05) is 12.6 Å². The van der Waals surface area contributed by atoms with Crippen LogP contribution in [0, 0.1) is 0 Å². The van der Waals surface area contributed by atoms with Gasteiger partial charge in [0.05, 0.1) is 7.11 Å². The second-order valence-electron chi connectivity index (χ2n) is 6.25. The molecule has 0 spiro atoms. The number of aromatic hydroxyl groups is 1. The molecule has 0 fully saturated rings. The Hall–Kier alpha value is -3.68. The molecule has 3 rings (SSSR count). The number of ether oxygens (including phenoxy) is 4. The molecular weight excluding hydrogens is 378 g/mol. The van der Waals surface area contributed by atoms with Crippen LogP contribution in [0.15, 0.2) is 42.5 Å². The molecule has 29 heavy (non-hydrogen) atoms. The van der Waals surface area contributed by atoms with Crippen molar-refractivity contribution >= 4 is 18.0 Å². The van der Waals surface area contributed by atoms with Crippen molar-refractivity contribution in [3.63, 3.8) is 0 Å². The number of hydrogen-bond acceptors (Lipinski definition) is 7. The molecular formula is C21H21NO7. The maximum absolute atomic E-state index is 12.2. The molecule has 0 bridgehead atoms. The number of esters is 1. The third-order valence-electron chi connectivity index (χ3n) is 4.18. The number of rotatable bonds is 7. The molecule has 1 aliphatic heterocycles. The van der Waals surface area contributed by atoms with Crippen molar-refractivity contribution < 1.29 is 33.6 Å². The lowest BCUT2D eigenvalue weighted by molar-refractivity contribution is -0.150. The first-order chi connectivity index (χ1) is 14.0. The van der Waals surface area contributed by atoms with E-state index in [1.165, 1.54) is 32.3 Å². The molecule has 1 atom stereocenters. The summed E-state index contributed by atoms with van der Waals surface area (Å²) in [7, 11) is 1.43. The van der Waals surface area contributed by atoms with Crippen molar-refractivity contribution in [2.24, 2.45) is 0 Å². The molecule has 1 amide bonds. The number of methoxy groups -OCH3 is 1. The van der Waals surface area contributed by atoms with Gasteiger partial charge in [0.2, 0.25) is 6.79 Å². The van der Waals surface area contributed by atoms with Gasteiger partial charge < -0.3 is 29.4 Å². The highest BCUT2D eigenvalue weighted by Gasteiger charge is 2.17. The summed E-state index contributed by atoms with van der Waals surface area (Å²) in [6.07, 6.45) is 1.74. The number of nitrogens with one attached hydrogen (secondary N) is 1. The minimum atomic E-state index is -0.962. The van der Waals surface area contributed by atoms with E-state index in [0.717, 1.165) is 5.56 Å². The number of fused-ring (bicyclic) bond motifs is 1. The van der Waals surface area contributed by atoms with Gasteiger partial charge in [-0.3, -0.25) is 4.79 Å². The van der Waals surface area contributed by atoms with Gasteiger partial charge in [0.15, 0.2) is 29.1 Å². The van der Waals surface area contributed by atoms with Crippen LogP contribution in [-0.2, 0) is 20.9 Å². The van der Waals surface area contributed by atoms with Crippen LogP contribution in [0.25, 0.3) is 6.08 Å². The highest BCUT2D eigenvalue weighted by Crippen LogP contribution is 2.32. The fourth-order valence-electron chi connectivity index (χ4n) is 2.61. The molecule has 0 aromatic heterocycles. The van der Waals surface area contributed by atoms with Crippen LogP contribution in [0.2, 0.25) is 0 Å². The summed E-state index contributed by atoms with van der Waals surface area (Å²) in [6.45, 7) is 1.94. The average Bonchev–Trinajstić information content (AvgIpc) is 3.19. The van der Waals surface area contributed by atoms with Gasteiger partial charge in [-0.2, -0.15) is 0 Å². The first-order valence-electron chi connectivity index (χ1n) is 8.88. The third kappa shape index (κ3) is 5.19. The highest BCUT2D eigenvalue weighted by atomic mass is 16.7. The Bertz CT molecular complexity index is 939. The predicted octanol–water partition coefficient (Wildman–Crippen LogP) is 2.39. The normalized spacial score (nSPS) is 13.2. The third-order valence-corrected chi connectivity index (χ3v) is 4.18. The zero-order valence-corrected chi connectivity index (χ0v) is 16.0. The van der Waals surface area contributed by atoms with Gasteiger partial charge in [-0.25, -0.2) is 4.79 Å². The zero-order valence-electron chi connectivity index (χ0n) is 16.0. The molecule has 0 aliphatic carbocycles. The average molecular weight is 399 g/mol. The fourth-order valence-corrected chi connectivity index (χ4v) is 2.61. The lowest BCUT2D eigenvalue weighted by Crippen LogP contribution is -2.35. The molecule has 2 aromatic rings. The van der Waals surface area contributed by atoms with Gasteiger partial charge in [-0.05, 0) is 48.4 Å². The van der Waals surface area contributed by atoms with Crippen molar-refractivity contribution in [2.75, 3.05) is 13.9 Å². The smallest absolute Gasteiger partial charge is 0.331 e. The standard InChI is InChI=1S/C21H21NO7/c1-13(21(25)22-11-15-4-7-17-19(10-15)28-12-27-17)29-20(24)8-5-14-3-6-16(23)18(9-14)26-2/h3-10,13,23H,11-12H2,1-2H3,(H,22,25). The zero-order chi connectivity index (χ0) is 20.8. The predicted molar refractivity (Wildman–Crippen MR) is 104 cm³/mol. The van der Waals surface area contributed by atoms with Crippen molar-refractivity contribution in [1.82, 2.24) is 5.32 Å². The summed E-state index contributed by atoms with van der Waals surface area (Å²) in [4.78, 5) is 24.1. The Morgan fingerprint density at radius 1 is 1.21 bits per heavy atom. The van der Waals surface area contributed by atoms with E-state index in [9.17, 15) is 14.7 Å². The van der Waals surface area contributed by atoms with E-state index >= 15 is 0 Å². The Labute approximate surface area is 167 Å². The molecule has 8 nitrogen and oxygen atoms in total. The van der Waals surface area contributed by atoms with E-state index in [1.807, 2.05) is 6.07 Å². The van der Waals surface area contributed by atoms with E-state index in [-0.39, 0.29) is 24.8 Å². The number of phenolic OH excluding ortho intramolecular Hbond substituents is 1. The fraction of sp³-hybridized carbons (Fsp3) is 0.238. The van der Waals surface area contributed by atoms with Crippen LogP contribution in [0.3, 0.4) is 0 Å². The molecule has 1 unspecified atom stereocenters. The van der Waals surface area contributed by atoms with Gasteiger partial charge in [-0.15, -0.1) is 0 Å². The summed E-state index contributed by atoms with van der Waals surface area (Å²) in [6, 6.07) is 10.0. The summed E-state index contributed by atoms with van der Waals surface area (Å²) in [5.74, 6) is 0.503. The Morgan fingerprint density at radius 3 is 2.79 bits per heavy atom. The molecule has 2 aromatic carbocycles. The summed E-state index contributed by atoms with van der Waals surface area (Å²) < 4.78 is 20.7. The summed E-state index contributed by atoms with van der Waals surface area (Å²) in [5.41, 5.74) is 1.47. The number of amides is 1. The second kappa shape index (κ2) is 9.01. The highest BCUT2D eigenvalue weighted by molar-refractivity contribution is 5.90. The maximum Gasteiger partial charge on any atom is 0.331 e. The summed E-state index contributed by atoms with van der Waals surface area (Å²) >= 11 is 0. The van der Waals surface area contributed by atoms with Crippen molar-refractivity contribution in [2.45, 2.75) is 19.6 Å². The van der Waals surface area contributed by atoms with Crippen molar-refractivity contribution in [1.29, 1.82) is 0 Å². The van der Waals surface area contributed by atoms with Crippen LogP contribution in [0.1, 0.15) is 18.1 Å². The first-order valence-corrected chi connectivity index (χ1v) is 8.88. The van der Waals surface area contributed by atoms with E-state index in [1.54, 1.807) is 24.3 Å². The van der Waals surface area contributed by atoms with Crippen molar-refractivity contribution in [3.05, 3.63) is 53.6 Å². The van der Waals surface area contributed by atoms with Crippen LogP contribution in [0.5, 0.6) is 23.0 Å². The number of phenols is 1. The molecule has 152 valence electrons. The molecule has 0 radical (unpaired) electrons. The van der Waals surface area contributed by atoms with Gasteiger partial charge in [0.1, 0.15) is 0 Å². The second-order valence-corrected chi connectivity index (χ2v) is 6.25. The lowest BCUT2D eigenvalue weighted by atomic mass is 10.2. The molecule has 0 saturated carbocycles. The largest absolute Gasteiger partial charge is 0.504 e. The number of hydrogen-bond donors (Lipinski definition) is 2. The lowest BCUT2D eigenvalue weighted by Gasteiger charge is -2.12. The molecule has 0 saturated heterocycles. The number of carbonyl (C=O) groups excluding carboxylic acids is 2. The Balaban J connectivity index is 1.49. The van der Waals surface area contributed by atoms with Crippen LogP contribution >= 0.6 is 0 Å². The van der Waals surface area contributed by atoms with E-state index < -0.39 is 18.0 Å². The minimum absolute atomic E-state index is 0.0000191. The maximum atomic E-state index is 12.2. The monoisotopic (exact) mass is 399 g/mol.